The minimum Gasteiger partial charge on any atom is -0.351 e. The molecule has 5 rings (SSSR count). The van der Waals surface area contributed by atoms with E-state index in [4.69, 9.17) is 16.6 Å². The largest absolute Gasteiger partial charge is 0.351 e. The summed E-state index contributed by atoms with van der Waals surface area (Å²) in [5.74, 6) is -0.818. The van der Waals surface area contributed by atoms with E-state index in [1.165, 1.54) is 18.2 Å². The number of sulfonamides is 1. The zero-order valence-corrected chi connectivity index (χ0v) is 24.8. The van der Waals surface area contributed by atoms with Gasteiger partial charge in [-0.25, -0.2) is 17.8 Å². The fourth-order valence-electron chi connectivity index (χ4n) is 4.37. The second kappa shape index (κ2) is 12.7. The van der Waals surface area contributed by atoms with Gasteiger partial charge in [0.2, 0.25) is 0 Å². The number of aromatic nitrogens is 1. The van der Waals surface area contributed by atoms with Crippen molar-refractivity contribution in [3.05, 3.63) is 82.6 Å². The van der Waals surface area contributed by atoms with Crippen molar-refractivity contribution < 1.29 is 17.6 Å². The fourth-order valence-corrected chi connectivity index (χ4v) is 6.79. The van der Waals surface area contributed by atoms with Crippen LogP contribution in [0.15, 0.2) is 65.6 Å². The number of halogens is 3. The van der Waals surface area contributed by atoms with Crippen LogP contribution in [-0.2, 0) is 10.0 Å². The highest BCUT2D eigenvalue weighted by molar-refractivity contribution is 7.92. The molecule has 1 amide bonds. The van der Waals surface area contributed by atoms with Crippen molar-refractivity contribution in [2.24, 2.45) is 0 Å². The van der Waals surface area contributed by atoms with Crippen LogP contribution < -0.4 is 14.9 Å². The lowest BCUT2D eigenvalue weighted by Gasteiger charge is -2.34. The molecule has 0 saturated carbocycles. The summed E-state index contributed by atoms with van der Waals surface area (Å²) in [6, 6.07) is 14.7. The van der Waals surface area contributed by atoms with Crippen LogP contribution in [-0.4, -0.2) is 63.5 Å². The summed E-state index contributed by atoms with van der Waals surface area (Å²) in [6.45, 7) is 6.55. The SMILES string of the molecule is Cc1ccc(Cl)c2sc(N3CCN(CCNC(=O)c4cccc(NS(=O)(=O)c5ccc(F)cc5)c4)CC3)nc12.Cl. The lowest BCUT2D eigenvalue weighted by Crippen LogP contribution is -2.48. The van der Waals surface area contributed by atoms with E-state index in [9.17, 15) is 17.6 Å². The topological polar surface area (TPSA) is 94.6 Å². The Kier molecular flexibility index (Phi) is 9.52. The molecule has 212 valence electrons. The van der Waals surface area contributed by atoms with Crippen LogP contribution in [0.5, 0.6) is 0 Å². The van der Waals surface area contributed by atoms with E-state index in [-0.39, 0.29) is 28.9 Å². The molecule has 2 heterocycles. The smallest absolute Gasteiger partial charge is 0.261 e. The van der Waals surface area contributed by atoms with Gasteiger partial charge in [-0.2, -0.15) is 0 Å². The maximum absolute atomic E-state index is 13.1. The number of carbonyl (C=O) groups excluding carboxylic acids is 1. The summed E-state index contributed by atoms with van der Waals surface area (Å²) in [4.78, 5) is 22.0. The van der Waals surface area contributed by atoms with Crippen molar-refractivity contribution in [1.29, 1.82) is 0 Å². The molecule has 1 saturated heterocycles. The van der Waals surface area contributed by atoms with Crippen molar-refractivity contribution in [1.82, 2.24) is 15.2 Å². The molecule has 1 aromatic heterocycles. The van der Waals surface area contributed by atoms with Crippen molar-refractivity contribution in [3.8, 4) is 0 Å². The number of hydrogen-bond donors (Lipinski definition) is 2. The second-order valence-corrected chi connectivity index (χ2v) is 12.3. The van der Waals surface area contributed by atoms with Gasteiger partial charge in [0.05, 0.1) is 20.1 Å². The maximum Gasteiger partial charge on any atom is 0.261 e. The van der Waals surface area contributed by atoms with Gasteiger partial charge in [-0.3, -0.25) is 14.4 Å². The molecule has 0 radical (unpaired) electrons. The fraction of sp³-hybridized carbons (Fsp3) is 0.259. The van der Waals surface area contributed by atoms with Crippen LogP contribution in [0.1, 0.15) is 15.9 Å². The summed E-state index contributed by atoms with van der Waals surface area (Å²) in [6.07, 6.45) is 0. The number of carbonyl (C=O) groups is 1. The van der Waals surface area contributed by atoms with Crippen LogP contribution in [0.4, 0.5) is 15.2 Å². The van der Waals surface area contributed by atoms with Gasteiger partial charge in [-0.05, 0) is 61.0 Å². The third kappa shape index (κ3) is 6.84. The Morgan fingerprint density at radius 3 is 2.50 bits per heavy atom. The number of thiazole rings is 1. The average molecular weight is 625 g/mol. The number of nitrogens with one attached hydrogen (secondary N) is 2. The highest BCUT2D eigenvalue weighted by Crippen LogP contribution is 2.35. The Bertz CT molecular complexity index is 1570. The molecule has 0 spiro atoms. The molecule has 4 aromatic rings. The van der Waals surface area contributed by atoms with Gasteiger partial charge < -0.3 is 10.2 Å². The molecule has 8 nitrogen and oxygen atoms in total. The van der Waals surface area contributed by atoms with E-state index in [2.05, 4.69) is 19.8 Å². The van der Waals surface area contributed by atoms with Crippen LogP contribution in [0.25, 0.3) is 10.2 Å². The molecule has 2 N–H and O–H groups in total. The van der Waals surface area contributed by atoms with Crippen molar-refractivity contribution in [3.63, 3.8) is 0 Å². The number of fused-ring (bicyclic) bond motifs is 1. The van der Waals surface area contributed by atoms with E-state index in [1.54, 1.807) is 29.5 Å². The predicted molar refractivity (Wildman–Crippen MR) is 161 cm³/mol. The molecule has 40 heavy (non-hydrogen) atoms. The highest BCUT2D eigenvalue weighted by atomic mass is 35.5. The number of anilines is 2. The number of aryl methyl sites for hydroxylation is 1. The molecule has 3 aromatic carbocycles. The highest BCUT2D eigenvalue weighted by Gasteiger charge is 2.21. The molecule has 0 bridgehead atoms. The Labute approximate surface area is 247 Å². The standard InChI is InChI=1S/C27H27ClFN5O3S2.ClH/c1-18-5-10-23(28)25-24(18)31-27(38-25)34-15-13-33(14-16-34)12-11-30-26(35)19-3-2-4-21(17-19)32-39(36,37)22-8-6-20(29)7-9-22;/h2-10,17,32H,11-16H2,1H3,(H,30,35);1H. The summed E-state index contributed by atoms with van der Waals surface area (Å²) in [5, 5.41) is 4.61. The summed E-state index contributed by atoms with van der Waals surface area (Å²) < 4.78 is 41.7. The van der Waals surface area contributed by atoms with Gasteiger partial charge in [0.15, 0.2) is 5.13 Å². The monoisotopic (exact) mass is 623 g/mol. The number of benzene rings is 3. The first-order valence-corrected chi connectivity index (χ1v) is 15.1. The molecule has 13 heteroatoms. The Balaban J connectivity index is 0.00000370. The molecule has 0 unspecified atom stereocenters. The van der Waals surface area contributed by atoms with Gasteiger partial charge in [-0.15, -0.1) is 12.4 Å². The van der Waals surface area contributed by atoms with Crippen LogP contribution in [0.2, 0.25) is 5.02 Å². The lowest BCUT2D eigenvalue weighted by atomic mass is 10.2. The molecule has 0 atom stereocenters. The van der Waals surface area contributed by atoms with Crippen molar-refractivity contribution in [2.45, 2.75) is 11.8 Å². The van der Waals surface area contributed by atoms with Gasteiger partial charge in [-0.1, -0.05) is 35.1 Å². The van der Waals surface area contributed by atoms with Crippen LogP contribution in [0.3, 0.4) is 0 Å². The average Bonchev–Trinajstić information content (AvgIpc) is 3.38. The minimum absolute atomic E-state index is 0. The molecule has 0 aliphatic carbocycles. The maximum atomic E-state index is 13.1. The summed E-state index contributed by atoms with van der Waals surface area (Å²) >= 11 is 7.98. The number of hydrogen-bond acceptors (Lipinski definition) is 7. The number of rotatable bonds is 8. The van der Waals surface area contributed by atoms with Crippen LogP contribution >= 0.6 is 35.3 Å². The third-order valence-electron chi connectivity index (χ3n) is 6.54. The zero-order chi connectivity index (χ0) is 27.6. The molecular weight excluding hydrogens is 596 g/mol. The van der Waals surface area contributed by atoms with Gasteiger partial charge >= 0.3 is 0 Å². The molecule has 1 aliphatic heterocycles. The van der Waals surface area contributed by atoms with E-state index < -0.39 is 15.8 Å². The summed E-state index contributed by atoms with van der Waals surface area (Å²) in [7, 11) is -3.91. The first kappa shape index (κ1) is 30.0. The Hall–Kier alpha value is -2.96. The first-order valence-electron chi connectivity index (χ1n) is 12.4. The number of nitrogens with zero attached hydrogens (tertiary/aromatic N) is 3. The normalized spacial score (nSPS) is 14.1. The number of piperazine rings is 1. The Morgan fingerprint density at radius 2 is 1.80 bits per heavy atom. The molecular formula is C27H28Cl2FN5O3S2. The van der Waals surface area contributed by atoms with Gasteiger partial charge in [0.1, 0.15) is 5.82 Å². The second-order valence-electron chi connectivity index (χ2n) is 9.26. The van der Waals surface area contributed by atoms with Crippen molar-refractivity contribution >= 4 is 72.3 Å². The van der Waals surface area contributed by atoms with Crippen LogP contribution in [0, 0.1) is 12.7 Å². The zero-order valence-electron chi connectivity index (χ0n) is 21.6. The summed E-state index contributed by atoms with van der Waals surface area (Å²) in [5.41, 5.74) is 2.65. The molecule has 1 fully saturated rings. The Morgan fingerprint density at radius 1 is 1.07 bits per heavy atom. The van der Waals surface area contributed by atoms with E-state index >= 15 is 0 Å². The van der Waals surface area contributed by atoms with Gasteiger partial charge in [0.25, 0.3) is 15.9 Å². The number of amides is 1. The van der Waals surface area contributed by atoms with E-state index in [1.807, 2.05) is 19.1 Å². The predicted octanol–water partition coefficient (Wildman–Crippen LogP) is 5.17. The quantitative estimate of drug-likeness (QED) is 0.281. The third-order valence-corrected chi connectivity index (χ3v) is 9.52. The molecule has 1 aliphatic rings. The first-order chi connectivity index (χ1) is 18.7. The van der Waals surface area contributed by atoms with E-state index in [0.29, 0.717) is 18.7 Å². The minimum atomic E-state index is -3.91. The van der Waals surface area contributed by atoms with E-state index in [0.717, 1.165) is 64.2 Å². The lowest BCUT2D eigenvalue weighted by molar-refractivity contribution is 0.0948. The van der Waals surface area contributed by atoms with Crippen molar-refractivity contribution in [2.75, 3.05) is 48.9 Å². The van der Waals surface area contributed by atoms with Gasteiger partial charge in [0, 0.05) is 50.5 Å².